The lowest BCUT2D eigenvalue weighted by Crippen LogP contribution is -2.48. The van der Waals surface area contributed by atoms with Crippen molar-refractivity contribution in [1.29, 1.82) is 0 Å². The van der Waals surface area contributed by atoms with Gasteiger partial charge in [-0.05, 0) is 50.9 Å². The zero-order valence-corrected chi connectivity index (χ0v) is 16.6. The molecule has 0 bridgehead atoms. The summed E-state index contributed by atoms with van der Waals surface area (Å²) in [4.78, 5) is 17.9. The summed E-state index contributed by atoms with van der Waals surface area (Å²) in [6.07, 6.45) is 6.14. The summed E-state index contributed by atoms with van der Waals surface area (Å²) in [6, 6.07) is 8.61. The van der Waals surface area contributed by atoms with Gasteiger partial charge in [-0.1, -0.05) is 18.6 Å². The van der Waals surface area contributed by atoms with Gasteiger partial charge in [-0.2, -0.15) is 5.10 Å². The number of hydrogen-bond acceptors (Lipinski definition) is 4. The van der Waals surface area contributed by atoms with Crippen molar-refractivity contribution in [3.8, 4) is 17.0 Å². The lowest BCUT2D eigenvalue weighted by molar-refractivity contribution is 0.0582. The minimum Gasteiger partial charge on any atom is -0.488 e. The van der Waals surface area contributed by atoms with Gasteiger partial charge in [0.2, 0.25) is 0 Å². The Kier molecular flexibility index (Phi) is 4.59. The van der Waals surface area contributed by atoms with Crippen LogP contribution >= 0.6 is 0 Å². The molecule has 3 aliphatic heterocycles. The molecule has 0 atom stereocenters. The van der Waals surface area contributed by atoms with Crippen LogP contribution in [0.25, 0.3) is 11.3 Å². The van der Waals surface area contributed by atoms with Crippen LogP contribution in [-0.4, -0.2) is 57.7 Å². The number of aromatic nitrogens is 2. The third-order valence-corrected chi connectivity index (χ3v) is 6.52. The van der Waals surface area contributed by atoms with E-state index < -0.39 is 0 Å². The number of ether oxygens (including phenoxy) is 1. The van der Waals surface area contributed by atoms with E-state index in [1.165, 1.54) is 32.4 Å². The minimum atomic E-state index is 0.0527. The molecular formula is C22H28N4O2. The number of para-hydroxylation sites is 1. The van der Waals surface area contributed by atoms with Crippen LogP contribution in [0.15, 0.2) is 24.3 Å². The summed E-state index contributed by atoms with van der Waals surface area (Å²) < 4.78 is 7.74. The van der Waals surface area contributed by atoms with Gasteiger partial charge in [0.05, 0.1) is 5.69 Å². The Morgan fingerprint density at radius 2 is 1.82 bits per heavy atom. The van der Waals surface area contributed by atoms with E-state index in [4.69, 9.17) is 4.74 Å². The maximum atomic E-state index is 13.3. The summed E-state index contributed by atoms with van der Waals surface area (Å²) in [5, 5.41) is 4.61. The van der Waals surface area contributed by atoms with Gasteiger partial charge in [0.25, 0.3) is 5.91 Å². The van der Waals surface area contributed by atoms with Crippen LogP contribution in [0, 0.1) is 0 Å². The van der Waals surface area contributed by atoms with E-state index in [0.717, 1.165) is 48.5 Å². The van der Waals surface area contributed by atoms with Crippen molar-refractivity contribution in [2.75, 3.05) is 26.2 Å². The van der Waals surface area contributed by atoms with Gasteiger partial charge in [-0.15, -0.1) is 0 Å². The molecule has 6 nitrogen and oxygen atoms in total. The second kappa shape index (κ2) is 7.24. The Bertz CT molecular complexity index is 877. The predicted octanol–water partition coefficient (Wildman–Crippen LogP) is 3.07. The minimum absolute atomic E-state index is 0.0527. The van der Waals surface area contributed by atoms with Crippen molar-refractivity contribution >= 4 is 5.91 Å². The van der Waals surface area contributed by atoms with Crippen LogP contribution in [0.3, 0.4) is 0 Å². The van der Waals surface area contributed by atoms with Gasteiger partial charge >= 0.3 is 0 Å². The lowest BCUT2D eigenvalue weighted by atomic mass is 9.98. The van der Waals surface area contributed by atoms with Gasteiger partial charge in [0.15, 0.2) is 5.69 Å². The fourth-order valence-electron chi connectivity index (χ4n) is 5.02. The molecule has 1 amide bonds. The smallest absolute Gasteiger partial charge is 0.274 e. The van der Waals surface area contributed by atoms with E-state index in [9.17, 15) is 4.79 Å². The summed E-state index contributed by atoms with van der Waals surface area (Å²) in [5.74, 6) is 0.913. The maximum absolute atomic E-state index is 13.3. The fraction of sp³-hybridized carbons (Fsp3) is 0.545. The summed E-state index contributed by atoms with van der Waals surface area (Å²) in [5.41, 5.74) is 3.50. The van der Waals surface area contributed by atoms with Crippen LogP contribution in [0.4, 0.5) is 0 Å². The second-order valence-electron chi connectivity index (χ2n) is 8.20. The zero-order valence-electron chi connectivity index (χ0n) is 16.6. The van der Waals surface area contributed by atoms with Crippen LogP contribution in [0.1, 0.15) is 48.2 Å². The van der Waals surface area contributed by atoms with Gasteiger partial charge in [-0.25, -0.2) is 0 Å². The Labute approximate surface area is 166 Å². The number of nitrogens with zero attached hydrogens (tertiary/aromatic N) is 4. The summed E-state index contributed by atoms with van der Waals surface area (Å²) >= 11 is 0. The molecule has 2 aromatic rings. The first-order chi connectivity index (χ1) is 13.7. The number of fused-ring (bicyclic) bond motifs is 3. The van der Waals surface area contributed by atoms with Crippen molar-refractivity contribution in [3.63, 3.8) is 0 Å². The van der Waals surface area contributed by atoms with E-state index in [-0.39, 0.29) is 5.91 Å². The van der Waals surface area contributed by atoms with E-state index in [2.05, 4.69) is 10.00 Å². The summed E-state index contributed by atoms with van der Waals surface area (Å²) in [6.45, 7) is 4.50. The van der Waals surface area contributed by atoms with Gasteiger partial charge in [-0.3, -0.25) is 9.48 Å². The molecular weight excluding hydrogens is 352 g/mol. The van der Waals surface area contributed by atoms with Gasteiger partial charge < -0.3 is 14.5 Å². The molecule has 2 fully saturated rings. The number of aryl methyl sites for hydroxylation is 1. The zero-order chi connectivity index (χ0) is 19.1. The molecule has 2 saturated heterocycles. The number of rotatable bonds is 2. The van der Waals surface area contributed by atoms with E-state index in [1.807, 2.05) is 40.9 Å². The predicted molar refractivity (Wildman–Crippen MR) is 107 cm³/mol. The van der Waals surface area contributed by atoms with Crippen LogP contribution in [-0.2, 0) is 13.7 Å². The third-order valence-electron chi connectivity index (χ3n) is 6.52. The quantitative estimate of drug-likeness (QED) is 0.803. The average Bonchev–Trinajstić information content (AvgIpc) is 3.11. The maximum Gasteiger partial charge on any atom is 0.274 e. The average molecular weight is 380 g/mol. The number of hydrogen-bond donors (Lipinski definition) is 0. The number of likely N-dealkylation sites (tertiary alicyclic amines) is 2. The van der Waals surface area contributed by atoms with Crippen LogP contribution in [0.5, 0.6) is 5.75 Å². The largest absolute Gasteiger partial charge is 0.488 e. The molecule has 3 aliphatic rings. The van der Waals surface area contributed by atoms with Crippen molar-refractivity contribution in [2.24, 2.45) is 7.05 Å². The molecule has 5 rings (SSSR count). The van der Waals surface area contributed by atoms with E-state index in [0.29, 0.717) is 18.3 Å². The topological polar surface area (TPSA) is 50.6 Å². The van der Waals surface area contributed by atoms with E-state index in [1.54, 1.807) is 0 Å². The lowest BCUT2D eigenvalue weighted by Gasteiger charge is -2.40. The molecule has 4 heterocycles. The first-order valence-corrected chi connectivity index (χ1v) is 10.5. The van der Waals surface area contributed by atoms with Gasteiger partial charge in [0, 0.05) is 37.3 Å². The Morgan fingerprint density at radius 1 is 1.07 bits per heavy atom. The number of benzene rings is 1. The molecule has 6 heteroatoms. The van der Waals surface area contributed by atoms with E-state index >= 15 is 0 Å². The van der Waals surface area contributed by atoms with Crippen molar-refractivity contribution in [3.05, 3.63) is 35.5 Å². The SMILES string of the molecule is Cn1nc(C(=O)N2CCC(N3CCCCC3)CC2)c2c1-c1ccccc1OC2. The normalized spacial score (nSPS) is 20.4. The number of piperidine rings is 2. The summed E-state index contributed by atoms with van der Waals surface area (Å²) in [7, 11) is 1.92. The van der Waals surface area contributed by atoms with Crippen LogP contribution < -0.4 is 4.74 Å². The highest BCUT2D eigenvalue weighted by molar-refractivity contribution is 5.96. The highest BCUT2D eigenvalue weighted by Gasteiger charge is 2.33. The Hall–Kier alpha value is -2.34. The molecule has 1 aromatic heterocycles. The van der Waals surface area contributed by atoms with Crippen molar-refractivity contribution in [1.82, 2.24) is 19.6 Å². The van der Waals surface area contributed by atoms with Crippen molar-refractivity contribution < 1.29 is 9.53 Å². The Morgan fingerprint density at radius 3 is 2.61 bits per heavy atom. The first kappa shape index (κ1) is 17.7. The highest BCUT2D eigenvalue weighted by Crippen LogP contribution is 2.38. The molecule has 1 aromatic carbocycles. The molecule has 0 unspecified atom stereocenters. The van der Waals surface area contributed by atoms with Crippen LogP contribution in [0.2, 0.25) is 0 Å². The molecule has 0 radical (unpaired) electrons. The number of carbonyl (C=O) groups is 1. The standard InChI is InChI=1S/C22H28N4O2/c1-24-21-17-7-3-4-8-19(17)28-15-18(21)20(23-24)22(27)26-13-9-16(10-14-26)25-11-5-2-6-12-25/h3-4,7-8,16H,2,5-6,9-15H2,1H3. The molecule has 0 aliphatic carbocycles. The molecule has 0 N–H and O–H groups in total. The number of carbonyl (C=O) groups excluding carboxylic acids is 1. The molecule has 28 heavy (non-hydrogen) atoms. The molecule has 0 saturated carbocycles. The first-order valence-electron chi connectivity index (χ1n) is 10.5. The molecule has 148 valence electrons. The third kappa shape index (κ3) is 3.00. The monoisotopic (exact) mass is 380 g/mol. The second-order valence-corrected chi connectivity index (χ2v) is 8.20. The Balaban J connectivity index is 1.33. The molecule has 0 spiro atoms. The van der Waals surface area contributed by atoms with Gasteiger partial charge in [0.1, 0.15) is 12.4 Å². The number of amides is 1. The fourth-order valence-corrected chi connectivity index (χ4v) is 5.02. The van der Waals surface area contributed by atoms with Crippen molar-refractivity contribution in [2.45, 2.75) is 44.8 Å². The highest BCUT2D eigenvalue weighted by atomic mass is 16.5.